The fraction of sp³-hybridized carbons (Fsp3) is 0.455. The number of rotatable bonds is 4. The summed E-state index contributed by atoms with van der Waals surface area (Å²) in [5.74, 6) is -0.800. The first-order valence-electron chi connectivity index (χ1n) is 4.87. The molecule has 0 aromatic carbocycles. The molecular weight excluding hydrogens is 267 g/mol. The van der Waals surface area contributed by atoms with Gasteiger partial charge >= 0.3 is 5.97 Å². The Kier molecular flexibility index (Phi) is 4.74. The van der Waals surface area contributed by atoms with Gasteiger partial charge in [0.2, 0.25) is 10.8 Å². The summed E-state index contributed by atoms with van der Waals surface area (Å²) in [5, 5.41) is -1.54. The number of esters is 1. The monoisotopic (exact) mass is 278 g/mol. The van der Waals surface area contributed by atoms with Crippen LogP contribution in [0.4, 0.5) is 0 Å². The third-order valence-corrected chi connectivity index (χ3v) is 3.40. The molecule has 94 valence electrons. The number of methoxy groups -OCH3 is 2. The first-order chi connectivity index (χ1) is 7.93. The van der Waals surface area contributed by atoms with Crippen LogP contribution in [0.3, 0.4) is 0 Å². The lowest BCUT2D eigenvalue weighted by atomic mass is 9.99. The SMILES string of the molecule is COC(=O)CCC1=CC(=O)C(Cl)(OC)C(Cl)=C1. The second kappa shape index (κ2) is 5.67. The Labute approximate surface area is 109 Å². The third kappa shape index (κ3) is 3.09. The van der Waals surface area contributed by atoms with Crippen LogP contribution in [0, 0.1) is 0 Å². The molecule has 0 bridgehead atoms. The van der Waals surface area contributed by atoms with Crippen molar-refractivity contribution >= 4 is 35.0 Å². The lowest BCUT2D eigenvalue weighted by Crippen LogP contribution is -2.36. The molecule has 0 aromatic rings. The van der Waals surface area contributed by atoms with E-state index >= 15 is 0 Å². The fourth-order valence-corrected chi connectivity index (χ4v) is 1.79. The van der Waals surface area contributed by atoms with Gasteiger partial charge in [-0.15, -0.1) is 0 Å². The topological polar surface area (TPSA) is 52.6 Å². The molecule has 0 aromatic heterocycles. The van der Waals surface area contributed by atoms with Crippen molar-refractivity contribution in [1.82, 2.24) is 0 Å². The number of halogens is 2. The molecule has 0 radical (unpaired) electrons. The Morgan fingerprint density at radius 2 is 2.06 bits per heavy atom. The Morgan fingerprint density at radius 1 is 1.41 bits per heavy atom. The summed E-state index contributed by atoms with van der Waals surface area (Å²) in [5.41, 5.74) is 0.624. The highest BCUT2D eigenvalue weighted by molar-refractivity contribution is 6.47. The van der Waals surface area contributed by atoms with Crippen molar-refractivity contribution in [2.24, 2.45) is 0 Å². The van der Waals surface area contributed by atoms with Crippen molar-refractivity contribution in [3.05, 3.63) is 22.8 Å². The van der Waals surface area contributed by atoms with E-state index in [2.05, 4.69) is 4.74 Å². The highest BCUT2D eigenvalue weighted by Gasteiger charge is 2.40. The van der Waals surface area contributed by atoms with Crippen LogP contribution < -0.4 is 0 Å². The highest BCUT2D eigenvalue weighted by Crippen LogP contribution is 2.36. The van der Waals surface area contributed by atoms with Gasteiger partial charge in [-0.2, -0.15) is 0 Å². The molecule has 0 N–H and O–H groups in total. The standard InChI is InChI=1S/C11H12Cl2O4/c1-16-10(15)4-3-7-5-8(12)11(13,17-2)9(14)6-7/h5-6H,3-4H2,1-2H3. The Bertz CT molecular complexity index is 400. The minimum Gasteiger partial charge on any atom is -0.469 e. The number of hydrogen-bond acceptors (Lipinski definition) is 4. The van der Waals surface area contributed by atoms with Crippen LogP contribution in [-0.4, -0.2) is 31.0 Å². The molecule has 1 aliphatic carbocycles. The average Bonchev–Trinajstić information content (AvgIpc) is 2.32. The van der Waals surface area contributed by atoms with Crippen LogP contribution in [0.15, 0.2) is 22.8 Å². The molecule has 1 rings (SSSR count). The van der Waals surface area contributed by atoms with E-state index in [-0.39, 0.29) is 17.4 Å². The molecular formula is C11H12Cl2O4. The smallest absolute Gasteiger partial charge is 0.305 e. The maximum Gasteiger partial charge on any atom is 0.305 e. The summed E-state index contributed by atoms with van der Waals surface area (Å²) >= 11 is 11.8. The molecule has 1 aliphatic rings. The summed E-state index contributed by atoms with van der Waals surface area (Å²) in [4.78, 5) is 22.7. The van der Waals surface area contributed by atoms with Crippen molar-refractivity contribution in [2.45, 2.75) is 17.9 Å². The largest absolute Gasteiger partial charge is 0.469 e. The second-order valence-corrected chi connectivity index (χ2v) is 4.39. The van der Waals surface area contributed by atoms with Crippen molar-refractivity contribution < 1.29 is 19.1 Å². The average molecular weight is 279 g/mol. The van der Waals surface area contributed by atoms with Gasteiger partial charge < -0.3 is 9.47 Å². The zero-order valence-electron chi connectivity index (χ0n) is 9.46. The van der Waals surface area contributed by atoms with Crippen molar-refractivity contribution in [1.29, 1.82) is 0 Å². The predicted molar refractivity (Wildman–Crippen MR) is 63.9 cm³/mol. The highest BCUT2D eigenvalue weighted by atomic mass is 35.5. The van der Waals surface area contributed by atoms with Crippen LogP contribution in [-0.2, 0) is 19.1 Å². The zero-order chi connectivity index (χ0) is 13.1. The van der Waals surface area contributed by atoms with Crippen LogP contribution in [0.2, 0.25) is 0 Å². The summed E-state index contributed by atoms with van der Waals surface area (Å²) < 4.78 is 9.38. The Morgan fingerprint density at radius 3 is 2.53 bits per heavy atom. The first-order valence-corrected chi connectivity index (χ1v) is 5.63. The van der Waals surface area contributed by atoms with Crippen LogP contribution >= 0.6 is 23.2 Å². The Hall–Kier alpha value is -0.840. The van der Waals surface area contributed by atoms with E-state index in [9.17, 15) is 9.59 Å². The molecule has 4 nitrogen and oxygen atoms in total. The molecule has 1 unspecified atom stereocenters. The summed E-state index contributed by atoms with van der Waals surface area (Å²) in [6.07, 6.45) is 3.40. The molecule has 6 heteroatoms. The van der Waals surface area contributed by atoms with Gasteiger partial charge in [0.25, 0.3) is 0 Å². The van der Waals surface area contributed by atoms with E-state index < -0.39 is 10.8 Å². The van der Waals surface area contributed by atoms with E-state index in [4.69, 9.17) is 27.9 Å². The van der Waals surface area contributed by atoms with Gasteiger partial charge in [0.15, 0.2) is 0 Å². The number of ketones is 1. The second-order valence-electron chi connectivity index (χ2n) is 3.45. The van der Waals surface area contributed by atoms with Gasteiger partial charge in [0.05, 0.1) is 12.1 Å². The number of carbonyl (C=O) groups excluding carboxylic acids is 2. The molecule has 0 saturated heterocycles. The van der Waals surface area contributed by atoms with E-state index in [1.165, 1.54) is 26.4 Å². The minimum atomic E-state index is -1.63. The van der Waals surface area contributed by atoms with E-state index in [1.54, 1.807) is 0 Å². The molecule has 0 amide bonds. The molecule has 0 heterocycles. The van der Waals surface area contributed by atoms with Gasteiger partial charge in [-0.05, 0) is 24.1 Å². The first kappa shape index (κ1) is 14.2. The van der Waals surface area contributed by atoms with Gasteiger partial charge in [-0.3, -0.25) is 9.59 Å². The molecule has 0 aliphatic heterocycles. The van der Waals surface area contributed by atoms with E-state index in [0.717, 1.165) is 0 Å². The molecule has 17 heavy (non-hydrogen) atoms. The van der Waals surface area contributed by atoms with Crippen LogP contribution in [0.5, 0.6) is 0 Å². The van der Waals surface area contributed by atoms with Crippen molar-refractivity contribution in [3.63, 3.8) is 0 Å². The van der Waals surface area contributed by atoms with E-state index in [0.29, 0.717) is 12.0 Å². The van der Waals surface area contributed by atoms with Crippen LogP contribution in [0.25, 0.3) is 0 Å². The lowest BCUT2D eigenvalue weighted by Gasteiger charge is -2.25. The fourth-order valence-electron chi connectivity index (χ4n) is 1.37. The molecule has 1 atom stereocenters. The quantitative estimate of drug-likeness (QED) is 0.584. The minimum absolute atomic E-state index is 0.0917. The van der Waals surface area contributed by atoms with Gasteiger partial charge in [-0.1, -0.05) is 23.2 Å². The maximum absolute atomic E-state index is 11.7. The number of hydrogen-bond donors (Lipinski definition) is 0. The maximum atomic E-state index is 11.7. The summed E-state index contributed by atoms with van der Waals surface area (Å²) in [6.45, 7) is 0. The summed E-state index contributed by atoms with van der Waals surface area (Å²) in [6, 6.07) is 0. The number of ether oxygens (including phenoxy) is 2. The number of carbonyl (C=O) groups is 2. The molecule has 0 spiro atoms. The molecule has 0 saturated carbocycles. The lowest BCUT2D eigenvalue weighted by molar-refractivity contribution is -0.140. The van der Waals surface area contributed by atoms with Gasteiger partial charge in [0, 0.05) is 13.5 Å². The van der Waals surface area contributed by atoms with Crippen LogP contribution in [0.1, 0.15) is 12.8 Å². The Balaban J connectivity index is 2.77. The van der Waals surface area contributed by atoms with E-state index in [1.807, 2.05) is 0 Å². The normalized spacial score (nSPS) is 24.1. The number of allylic oxidation sites excluding steroid dienone is 2. The van der Waals surface area contributed by atoms with Gasteiger partial charge in [-0.25, -0.2) is 0 Å². The third-order valence-electron chi connectivity index (χ3n) is 2.38. The van der Waals surface area contributed by atoms with Gasteiger partial charge in [0.1, 0.15) is 0 Å². The molecule has 0 fully saturated rings. The van der Waals surface area contributed by atoms with Crippen molar-refractivity contribution in [2.75, 3.05) is 14.2 Å². The number of alkyl halides is 1. The summed E-state index contributed by atoms with van der Waals surface area (Å²) in [7, 11) is 2.61. The zero-order valence-corrected chi connectivity index (χ0v) is 11.0. The van der Waals surface area contributed by atoms with Crippen molar-refractivity contribution in [3.8, 4) is 0 Å². The predicted octanol–water partition coefficient (Wildman–Crippen LogP) is 2.15.